The Hall–Kier alpha value is -3.42. The molecule has 0 radical (unpaired) electrons. The van der Waals surface area contributed by atoms with Gasteiger partial charge in [0.25, 0.3) is 5.91 Å². The van der Waals surface area contributed by atoms with Crippen molar-refractivity contribution in [3.63, 3.8) is 0 Å². The number of benzene rings is 2. The van der Waals surface area contributed by atoms with Gasteiger partial charge in [0.05, 0.1) is 6.54 Å². The molecule has 2 aromatic carbocycles. The number of aliphatic carboxylic acids is 1. The first-order valence-corrected chi connectivity index (χ1v) is 8.76. The van der Waals surface area contributed by atoms with E-state index in [2.05, 4.69) is 10.6 Å². The number of amides is 2. The molecule has 28 heavy (non-hydrogen) atoms. The first-order valence-electron chi connectivity index (χ1n) is 8.76. The van der Waals surface area contributed by atoms with E-state index in [4.69, 9.17) is 4.74 Å². The molecule has 3 N–H and O–H groups in total. The van der Waals surface area contributed by atoms with Gasteiger partial charge in [-0.1, -0.05) is 0 Å². The van der Waals surface area contributed by atoms with Crippen LogP contribution in [0, 0.1) is 11.7 Å². The summed E-state index contributed by atoms with van der Waals surface area (Å²) in [4.78, 5) is 35.3. The molecule has 0 aliphatic heterocycles. The first kappa shape index (κ1) is 19.3. The number of nitrogens with one attached hydrogen (secondary N) is 2. The average molecular weight is 386 g/mol. The zero-order valence-corrected chi connectivity index (χ0v) is 14.9. The predicted molar refractivity (Wildman–Crippen MR) is 98.6 cm³/mol. The maximum absolute atomic E-state index is 12.9. The highest BCUT2D eigenvalue weighted by Crippen LogP contribution is 2.30. The molecule has 0 aromatic heterocycles. The predicted octanol–water partition coefficient (Wildman–Crippen LogP) is 2.44. The third-order valence-corrected chi connectivity index (χ3v) is 4.18. The Bertz CT molecular complexity index is 863. The highest BCUT2D eigenvalue weighted by molar-refractivity contribution is 5.97. The lowest BCUT2D eigenvalue weighted by molar-refractivity contribution is -0.144. The number of carbonyl (C=O) groups is 3. The molecule has 7 nitrogen and oxygen atoms in total. The third kappa shape index (κ3) is 5.29. The van der Waals surface area contributed by atoms with Crippen LogP contribution in [0.1, 0.15) is 23.2 Å². The lowest BCUT2D eigenvalue weighted by Crippen LogP contribution is -2.40. The molecule has 2 amide bonds. The fourth-order valence-electron chi connectivity index (χ4n) is 2.44. The van der Waals surface area contributed by atoms with Crippen molar-refractivity contribution in [2.75, 3.05) is 11.9 Å². The Morgan fingerprint density at radius 3 is 2.29 bits per heavy atom. The largest absolute Gasteiger partial charge is 0.478 e. The number of carbonyl (C=O) groups excluding carboxylic acids is 2. The molecule has 1 saturated carbocycles. The molecule has 0 heterocycles. The van der Waals surface area contributed by atoms with Crippen molar-refractivity contribution in [1.82, 2.24) is 5.32 Å². The molecular formula is C20H19FN2O5. The van der Waals surface area contributed by atoms with Gasteiger partial charge in [0.2, 0.25) is 12.0 Å². The molecule has 8 heteroatoms. The van der Waals surface area contributed by atoms with Crippen LogP contribution in [0.5, 0.6) is 5.75 Å². The summed E-state index contributed by atoms with van der Waals surface area (Å²) in [5.41, 5.74) is 0.909. The molecule has 0 spiro atoms. The van der Waals surface area contributed by atoms with E-state index in [1.165, 1.54) is 24.3 Å². The van der Waals surface area contributed by atoms with Crippen LogP contribution in [-0.4, -0.2) is 35.5 Å². The minimum absolute atomic E-state index is 0.0283. The van der Waals surface area contributed by atoms with Crippen LogP contribution in [-0.2, 0) is 9.59 Å². The second-order valence-electron chi connectivity index (χ2n) is 6.45. The lowest BCUT2D eigenvalue weighted by Gasteiger charge is -2.16. The minimum atomic E-state index is -1.33. The van der Waals surface area contributed by atoms with E-state index >= 15 is 0 Å². The van der Waals surface area contributed by atoms with Gasteiger partial charge in [-0.15, -0.1) is 0 Å². The third-order valence-electron chi connectivity index (χ3n) is 4.18. The van der Waals surface area contributed by atoms with E-state index < -0.39 is 23.8 Å². The molecule has 1 unspecified atom stereocenters. The van der Waals surface area contributed by atoms with Crippen molar-refractivity contribution in [2.24, 2.45) is 5.92 Å². The van der Waals surface area contributed by atoms with E-state index in [-0.39, 0.29) is 24.1 Å². The lowest BCUT2D eigenvalue weighted by atomic mass is 10.2. The monoisotopic (exact) mass is 386 g/mol. The summed E-state index contributed by atoms with van der Waals surface area (Å²) in [5.74, 6) is -1.98. The second-order valence-corrected chi connectivity index (χ2v) is 6.45. The zero-order chi connectivity index (χ0) is 20.1. The Morgan fingerprint density at radius 2 is 1.71 bits per heavy atom. The Balaban J connectivity index is 1.54. The Labute approximate surface area is 160 Å². The van der Waals surface area contributed by atoms with E-state index in [9.17, 15) is 23.9 Å². The molecule has 1 aliphatic carbocycles. The molecule has 1 aliphatic rings. The van der Waals surface area contributed by atoms with Crippen molar-refractivity contribution in [2.45, 2.75) is 18.9 Å². The van der Waals surface area contributed by atoms with Crippen molar-refractivity contribution in [3.05, 3.63) is 59.9 Å². The Kier molecular flexibility index (Phi) is 5.88. The summed E-state index contributed by atoms with van der Waals surface area (Å²) < 4.78 is 18.2. The number of halogens is 1. The smallest absolute Gasteiger partial charge is 0.346 e. The maximum Gasteiger partial charge on any atom is 0.346 e. The van der Waals surface area contributed by atoms with E-state index in [0.717, 1.165) is 25.0 Å². The van der Waals surface area contributed by atoms with Gasteiger partial charge < -0.3 is 20.5 Å². The molecule has 3 rings (SSSR count). The van der Waals surface area contributed by atoms with Crippen LogP contribution in [0.3, 0.4) is 0 Å². The average Bonchev–Trinajstić information content (AvgIpc) is 3.52. The van der Waals surface area contributed by atoms with Gasteiger partial charge in [-0.25, -0.2) is 9.18 Å². The van der Waals surface area contributed by atoms with E-state index in [1.807, 2.05) is 0 Å². The zero-order valence-electron chi connectivity index (χ0n) is 14.9. The highest BCUT2D eigenvalue weighted by Gasteiger charge is 2.29. The van der Waals surface area contributed by atoms with Crippen molar-refractivity contribution < 1.29 is 28.6 Å². The maximum atomic E-state index is 12.9. The number of rotatable bonds is 8. The fourth-order valence-corrected chi connectivity index (χ4v) is 2.44. The first-order chi connectivity index (χ1) is 13.4. The molecular weight excluding hydrogens is 367 g/mol. The van der Waals surface area contributed by atoms with Gasteiger partial charge in [-0.05, 0) is 61.4 Å². The molecule has 2 aromatic rings. The summed E-state index contributed by atoms with van der Waals surface area (Å²) in [6.45, 7) is -0.272. The summed E-state index contributed by atoms with van der Waals surface area (Å²) in [6.07, 6.45) is 0.472. The second kappa shape index (κ2) is 8.51. The number of carboxylic acid groups (broad SMARTS) is 1. The number of carboxylic acids is 1. The van der Waals surface area contributed by atoms with Crippen LogP contribution in [0.15, 0.2) is 48.5 Å². The van der Waals surface area contributed by atoms with E-state index in [1.54, 1.807) is 12.1 Å². The highest BCUT2D eigenvalue weighted by atomic mass is 19.1. The van der Waals surface area contributed by atoms with Crippen LogP contribution in [0.25, 0.3) is 0 Å². The van der Waals surface area contributed by atoms with Crippen molar-refractivity contribution in [1.29, 1.82) is 0 Å². The van der Waals surface area contributed by atoms with Gasteiger partial charge in [-0.3, -0.25) is 9.59 Å². The van der Waals surface area contributed by atoms with Crippen molar-refractivity contribution in [3.8, 4) is 5.75 Å². The van der Waals surface area contributed by atoms with Gasteiger partial charge in [0, 0.05) is 17.2 Å². The summed E-state index contributed by atoms with van der Waals surface area (Å²) in [5, 5.41) is 14.5. The molecule has 1 atom stereocenters. The normalized spacial score (nSPS) is 14.0. The van der Waals surface area contributed by atoms with Gasteiger partial charge >= 0.3 is 5.97 Å². The molecule has 1 fully saturated rings. The number of hydrogen-bond acceptors (Lipinski definition) is 4. The van der Waals surface area contributed by atoms with E-state index in [0.29, 0.717) is 11.3 Å². The Morgan fingerprint density at radius 1 is 1.07 bits per heavy atom. The van der Waals surface area contributed by atoms with Crippen LogP contribution >= 0.6 is 0 Å². The summed E-state index contributed by atoms with van der Waals surface area (Å²) >= 11 is 0. The molecule has 146 valence electrons. The van der Waals surface area contributed by atoms with Gasteiger partial charge in [0.1, 0.15) is 11.6 Å². The standard InChI is InChI=1S/C20H19FN2O5/c21-14-5-9-16(10-6-14)28-17(20(26)27)11-22-18(24)12-3-7-15(8-4-12)23-19(25)13-1-2-13/h3-10,13,17H,1-2,11H2,(H,22,24)(H,23,25)(H,26,27). The minimum Gasteiger partial charge on any atom is -0.478 e. The van der Waals surface area contributed by atoms with Crippen LogP contribution in [0.4, 0.5) is 10.1 Å². The van der Waals surface area contributed by atoms with Crippen molar-refractivity contribution >= 4 is 23.5 Å². The number of ether oxygens (including phenoxy) is 1. The summed E-state index contributed by atoms with van der Waals surface area (Å²) in [6, 6.07) is 11.2. The van der Waals surface area contributed by atoms with Gasteiger partial charge in [0.15, 0.2) is 0 Å². The number of hydrogen-bond donors (Lipinski definition) is 3. The topological polar surface area (TPSA) is 105 Å². The summed E-state index contributed by atoms with van der Waals surface area (Å²) in [7, 11) is 0. The number of anilines is 1. The fraction of sp³-hybridized carbons (Fsp3) is 0.250. The van der Waals surface area contributed by atoms with Gasteiger partial charge in [-0.2, -0.15) is 0 Å². The van der Waals surface area contributed by atoms with Crippen LogP contribution in [0.2, 0.25) is 0 Å². The quantitative estimate of drug-likeness (QED) is 0.646. The molecule has 0 bridgehead atoms. The van der Waals surface area contributed by atoms with Crippen LogP contribution < -0.4 is 15.4 Å². The SMILES string of the molecule is O=C(NCC(Oc1ccc(F)cc1)C(=O)O)c1ccc(NC(=O)C2CC2)cc1. The molecule has 0 saturated heterocycles.